The Hall–Kier alpha value is -2.36. The molecule has 22 heavy (non-hydrogen) atoms. The predicted octanol–water partition coefficient (Wildman–Crippen LogP) is 3.86. The lowest BCUT2D eigenvalue weighted by Gasteiger charge is -2.14. The summed E-state index contributed by atoms with van der Waals surface area (Å²) in [5.74, 6) is 2.69. The molecule has 0 aliphatic heterocycles. The van der Waals surface area contributed by atoms with E-state index in [1.807, 2.05) is 24.3 Å². The lowest BCUT2D eigenvalue weighted by Crippen LogP contribution is -2.11. The van der Waals surface area contributed by atoms with Gasteiger partial charge in [-0.3, -0.25) is 0 Å². The van der Waals surface area contributed by atoms with Crippen molar-refractivity contribution in [1.29, 1.82) is 0 Å². The Bertz CT molecular complexity index is 611. The van der Waals surface area contributed by atoms with Crippen LogP contribution in [0.15, 0.2) is 42.5 Å². The highest BCUT2D eigenvalue weighted by molar-refractivity contribution is 5.56. The van der Waals surface area contributed by atoms with Gasteiger partial charge in [-0.15, -0.1) is 0 Å². The van der Waals surface area contributed by atoms with Crippen LogP contribution in [0, 0.1) is 0 Å². The Balaban J connectivity index is 1.87. The number of hydrogen-bond donors (Lipinski definition) is 1. The number of para-hydroxylation sites is 1. The van der Waals surface area contributed by atoms with Gasteiger partial charge in [0.05, 0.1) is 12.8 Å². The third-order valence-corrected chi connectivity index (χ3v) is 3.36. The first-order valence-electron chi connectivity index (χ1n) is 7.40. The van der Waals surface area contributed by atoms with Gasteiger partial charge in [0, 0.05) is 6.07 Å². The molecule has 0 bridgehead atoms. The normalized spacial score (nSPS) is 10.5. The van der Waals surface area contributed by atoms with Crippen molar-refractivity contribution in [3.63, 3.8) is 0 Å². The van der Waals surface area contributed by atoms with E-state index in [1.165, 1.54) is 5.56 Å². The molecule has 0 saturated heterocycles. The van der Waals surface area contributed by atoms with Crippen LogP contribution in [0.25, 0.3) is 0 Å². The summed E-state index contributed by atoms with van der Waals surface area (Å²) in [7, 11) is 1.61. The number of rotatable bonds is 7. The molecular weight excluding hydrogens is 278 g/mol. The topological polar surface area (TPSA) is 53.7 Å². The number of methoxy groups -OCH3 is 1. The number of ether oxygens (including phenoxy) is 3. The Labute approximate surface area is 131 Å². The van der Waals surface area contributed by atoms with E-state index in [2.05, 4.69) is 19.9 Å². The quantitative estimate of drug-likeness (QED) is 0.623. The fourth-order valence-corrected chi connectivity index (χ4v) is 2.18. The van der Waals surface area contributed by atoms with Gasteiger partial charge in [0.1, 0.15) is 30.5 Å². The molecule has 2 rings (SSSR count). The van der Waals surface area contributed by atoms with Gasteiger partial charge in [0.25, 0.3) is 0 Å². The van der Waals surface area contributed by atoms with Gasteiger partial charge < -0.3 is 19.9 Å². The summed E-state index contributed by atoms with van der Waals surface area (Å²) in [6.45, 7) is 5.20. The zero-order valence-electron chi connectivity index (χ0n) is 13.3. The van der Waals surface area contributed by atoms with Gasteiger partial charge in [-0.05, 0) is 29.7 Å². The van der Waals surface area contributed by atoms with E-state index in [0.717, 1.165) is 5.75 Å². The first-order valence-corrected chi connectivity index (χ1v) is 7.40. The maximum absolute atomic E-state index is 5.91. The van der Waals surface area contributed by atoms with Crippen LogP contribution in [0.4, 0.5) is 5.69 Å². The molecule has 0 atom stereocenters. The van der Waals surface area contributed by atoms with Crippen molar-refractivity contribution in [2.45, 2.75) is 19.8 Å². The molecule has 4 heteroatoms. The average molecular weight is 301 g/mol. The maximum Gasteiger partial charge on any atom is 0.142 e. The highest BCUT2D eigenvalue weighted by atomic mass is 16.5. The third kappa shape index (κ3) is 4.07. The van der Waals surface area contributed by atoms with Crippen LogP contribution in [-0.4, -0.2) is 20.3 Å². The minimum Gasteiger partial charge on any atom is -0.497 e. The van der Waals surface area contributed by atoms with Crippen molar-refractivity contribution in [3.05, 3.63) is 48.0 Å². The Morgan fingerprint density at radius 2 is 1.64 bits per heavy atom. The smallest absolute Gasteiger partial charge is 0.142 e. The second kappa shape index (κ2) is 7.59. The van der Waals surface area contributed by atoms with E-state index in [4.69, 9.17) is 19.9 Å². The summed E-state index contributed by atoms with van der Waals surface area (Å²) in [5, 5.41) is 0. The second-order valence-electron chi connectivity index (χ2n) is 5.29. The molecule has 4 nitrogen and oxygen atoms in total. The molecule has 0 spiro atoms. The molecule has 0 heterocycles. The second-order valence-corrected chi connectivity index (χ2v) is 5.29. The molecule has 0 amide bonds. The van der Waals surface area contributed by atoms with Crippen LogP contribution in [-0.2, 0) is 0 Å². The minimum atomic E-state index is 0.425. The molecule has 118 valence electrons. The largest absolute Gasteiger partial charge is 0.497 e. The molecule has 0 unspecified atom stereocenters. The lowest BCUT2D eigenvalue weighted by molar-refractivity contribution is 0.216. The van der Waals surface area contributed by atoms with Gasteiger partial charge in [0.15, 0.2) is 0 Å². The first kappa shape index (κ1) is 16.0. The molecule has 0 aliphatic rings. The summed E-state index contributed by atoms with van der Waals surface area (Å²) in [6.07, 6.45) is 0. The monoisotopic (exact) mass is 301 g/mol. The summed E-state index contributed by atoms with van der Waals surface area (Å²) in [6, 6.07) is 13.4. The Kier molecular flexibility index (Phi) is 5.53. The number of benzene rings is 2. The van der Waals surface area contributed by atoms with Crippen molar-refractivity contribution in [2.75, 3.05) is 26.1 Å². The molecule has 2 aromatic rings. The van der Waals surface area contributed by atoms with Crippen molar-refractivity contribution in [2.24, 2.45) is 0 Å². The molecule has 0 saturated carbocycles. The SMILES string of the molecule is COc1ccc(OCCOc2ccccc2C(C)C)c(N)c1. The summed E-state index contributed by atoms with van der Waals surface area (Å²) >= 11 is 0. The fourth-order valence-electron chi connectivity index (χ4n) is 2.18. The van der Waals surface area contributed by atoms with E-state index in [1.54, 1.807) is 19.2 Å². The van der Waals surface area contributed by atoms with Crippen LogP contribution in [0.3, 0.4) is 0 Å². The summed E-state index contributed by atoms with van der Waals surface area (Å²) < 4.78 is 16.6. The first-order chi connectivity index (χ1) is 10.6. The van der Waals surface area contributed by atoms with E-state index >= 15 is 0 Å². The molecular formula is C18H23NO3. The van der Waals surface area contributed by atoms with Crippen LogP contribution < -0.4 is 19.9 Å². The van der Waals surface area contributed by atoms with Crippen LogP contribution >= 0.6 is 0 Å². The molecule has 0 radical (unpaired) electrons. The van der Waals surface area contributed by atoms with Crippen LogP contribution in [0.5, 0.6) is 17.2 Å². The highest BCUT2D eigenvalue weighted by Crippen LogP contribution is 2.27. The number of nitrogens with two attached hydrogens (primary N) is 1. The van der Waals surface area contributed by atoms with E-state index in [-0.39, 0.29) is 0 Å². The number of hydrogen-bond acceptors (Lipinski definition) is 4. The zero-order chi connectivity index (χ0) is 15.9. The number of nitrogen functional groups attached to an aromatic ring is 1. The molecule has 2 N–H and O–H groups in total. The fraction of sp³-hybridized carbons (Fsp3) is 0.333. The van der Waals surface area contributed by atoms with Gasteiger partial charge in [-0.2, -0.15) is 0 Å². The Morgan fingerprint density at radius 1 is 0.955 bits per heavy atom. The minimum absolute atomic E-state index is 0.425. The molecule has 0 aromatic heterocycles. The molecule has 0 aliphatic carbocycles. The average Bonchev–Trinajstić information content (AvgIpc) is 2.52. The highest BCUT2D eigenvalue weighted by Gasteiger charge is 2.07. The summed E-state index contributed by atoms with van der Waals surface area (Å²) in [5.41, 5.74) is 7.67. The predicted molar refractivity (Wildman–Crippen MR) is 88.9 cm³/mol. The van der Waals surface area contributed by atoms with Crippen molar-refractivity contribution < 1.29 is 14.2 Å². The number of anilines is 1. The van der Waals surface area contributed by atoms with E-state index < -0.39 is 0 Å². The van der Waals surface area contributed by atoms with Crippen molar-refractivity contribution in [3.8, 4) is 17.2 Å². The molecule has 0 fully saturated rings. The van der Waals surface area contributed by atoms with Crippen molar-refractivity contribution in [1.82, 2.24) is 0 Å². The Morgan fingerprint density at radius 3 is 2.27 bits per heavy atom. The van der Waals surface area contributed by atoms with E-state index in [9.17, 15) is 0 Å². The van der Waals surface area contributed by atoms with Gasteiger partial charge >= 0.3 is 0 Å². The lowest BCUT2D eigenvalue weighted by atomic mass is 10.0. The van der Waals surface area contributed by atoms with Crippen LogP contribution in [0.2, 0.25) is 0 Å². The van der Waals surface area contributed by atoms with Gasteiger partial charge in [-0.1, -0.05) is 32.0 Å². The van der Waals surface area contributed by atoms with Gasteiger partial charge in [-0.25, -0.2) is 0 Å². The zero-order valence-corrected chi connectivity index (χ0v) is 13.3. The summed E-state index contributed by atoms with van der Waals surface area (Å²) in [4.78, 5) is 0. The molecule has 2 aromatic carbocycles. The van der Waals surface area contributed by atoms with Crippen molar-refractivity contribution >= 4 is 5.69 Å². The van der Waals surface area contributed by atoms with E-state index in [0.29, 0.717) is 36.3 Å². The standard InChI is InChI=1S/C18H23NO3/c1-13(2)15-6-4-5-7-17(15)21-10-11-22-18-9-8-14(20-3)12-16(18)19/h4-9,12-13H,10-11,19H2,1-3H3. The third-order valence-electron chi connectivity index (χ3n) is 3.36. The maximum atomic E-state index is 5.91. The van der Waals surface area contributed by atoms with Gasteiger partial charge in [0.2, 0.25) is 0 Å². The van der Waals surface area contributed by atoms with Crippen LogP contribution in [0.1, 0.15) is 25.3 Å².